The van der Waals surface area contributed by atoms with E-state index in [1.165, 1.54) is 5.56 Å². The lowest BCUT2D eigenvalue weighted by atomic mass is 10.1. The van der Waals surface area contributed by atoms with Crippen LogP contribution in [0.5, 0.6) is 0 Å². The Morgan fingerprint density at radius 2 is 1.92 bits per heavy atom. The van der Waals surface area contributed by atoms with Crippen LogP contribution < -0.4 is 4.90 Å². The summed E-state index contributed by atoms with van der Waals surface area (Å²) in [4.78, 5) is 1.84. The number of anilines is 1. The van der Waals surface area contributed by atoms with Crippen LogP contribution in [0.15, 0.2) is 42.6 Å². The molecule has 0 radical (unpaired) electrons. The maximum Gasteiger partial charge on any atom is 0.0185 e. The number of rotatable bonds is 0. The lowest BCUT2D eigenvalue weighted by Gasteiger charge is -2.33. The van der Waals surface area contributed by atoms with Crippen molar-refractivity contribution in [2.24, 2.45) is 0 Å². The van der Waals surface area contributed by atoms with Gasteiger partial charge in [-0.2, -0.15) is 0 Å². The summed E-state index contributed by atoms with van der Waals surface area (Å²) < 4.78 is 0. The molecule has 0 fully saturated rings. The topological polar surface area (TPSA) is 3.24 Å². The molecular weight excluding hydrogens is 146 g/mol. The highest BCUT2D eigenvalue weighted by molar-refractivity contribution is 5.76. The Hall–Kier alpha value is -1.50. The molecule has 1 heterocycles. The highest BCUT2D eigenvalue weighted by atomic mass is 15.1. The van der Waals surface area contributed by atoms with Crippen LogP contribution in [0, 0.1) is 7.05 Å². The van der Waals surface area contributed by atoms with E-state index in [1.807, 2.05) is 29.2 Å². The van der Waals surface area contributed by atoms with E-state index in [4.69, 9.17) is 0 Å². The van der Waals surface area contributed by atoms with Gasteiger partial charge in [0.2, 0.25) is 0 Å². The first-order valence-corrected chi connectivity index (χ1v) is 3.86. The number of hydrogen-bond donors (Lipinski definition) is 0. The van der Waals surface area contributed by atoms with Gasteiger partial charge in [0.15, 0.2) is 0 Å². The molecule has 0 atom stereocenters. The molecule has 0 aliphatic carbocycles. The average Bonchev–Trinajstić information content (AvgIpc) is 2.12. The van der Waals surface area contributed by atoms with Crippen molar-refractivity contribution in [1.29, 1.82) is 0 Å². The van der Waals surface area contributed by atoms with Crippen LogP contribution in [0.2, 0.25) is 0 Å². The summed E-state index contributed by atoms with van der Waals surface area (Å²) >= 11 is 0. The predicted octanol–water partition coefficient (Wildman–Crippen LogP) is 2.83. The van der Waals surface area contributed by atoms with Crippen LogP contribution in [0.1, 0.15) is 5.56 Å². The number of fused-ring (bicyclic) bond motifs is 1. The zero-order chi connectivity index (χ0) is 8.55. The van der Waals surface area contributed by atoms with Gasteiger partial charge < -0.3 is 4.90 Å². The molecule has 0 amide bonds. The third-order valence-electron chi connectivity index (χ3n) is 2.03. The zero-order valence-electron chi connectivity index (χ0n) is 6.83. The van der Waals surface area contributed by atoms with E-state index in [-0.39, 0.29) is 0 Å². The molecule has 12 heavy (non-hydrogen) atoms. The van der Waals surface area contributed by atoms with Crippen molar-refractivity contribution < 1.29 is 0 Å². The fourth-order valence-electron chi connectivity index (χ4n) is 1.30. The van der Waals surface area contributed by atoms with E-state index in [1.54, 1.807) is 0 Å². The Kier molecular flexibility index (Phi) is 1.51. The van der Waals surface area contributed by atoms with Crippen molar-refractivity contribution in [3.8, 4) is 0 Å². The number of benzene rings is 1. The maximum absolute atomic E-state index is 3.90. The molecule has 2 rings (SSSR count). The van der Waals surface area contributed by atoms with E-state index >= 15 is 0 Å². The summed E-state index contributed by atoms with van der Waals surface area (Å²) in [5.74, 6) is 0. The first-order chi connectivity index (χ1) is 5.79. The van der Waals surface area contributed by atoms with Crippen molar-refractivity contribution in [2.45, 2.75) is 0 Å². The largest absolute Gasteiger partial charge is 0.497 e. The second-order valence-electron chi connectivity index (χ2n) is 2.81. The molecule has 0 bridgehead atoms. The second-order valence-corrected chi connectivity index (χ2v) is 2.81. The van der Waals surface area contributed by atoms with Crippen molar-refractivity contribution in [1.82, 2.24) is 0 Å². The standard InChI is InChI=1S/C11H10N/c1-9-7-8-10-5-3-4-6-11(10)12(9)2/h3-8H,1-2H2/q-1. The molecule has 1 nitrogen and oxygen atoms in total. The van der Waals surface area contributed by atoms with Crippen molar-refractivity contribution in [2.75, 3.05) is 4.90 Å². The van der Waals surface area contributed by atoms with Crippen molar-refractivity contribution in [3.63, 3.8) is 0 Å². The summed E-state index contributed by atoms with van der Waals surface area (Å²) in [6.07, 6.45) is 4.02. The maximum atomic E-state index is 3.90. The van der Waals surface area contributed by atoms with E-state index < -0.39 is 0 Å². The molecule has 0 unspecified atom stereocenters. The van der Waals surface area contributed by atoms with E-state index in [2.05, 4.69) is 25.8 Å². The molecule has 1 aromatic rings. The summed E-state index contributed by atoms with van der Waals surface area (Å²) in [6, 6.07) is 8.13. The Morgan fingerprint density at radius 1 is 1.17 bits per heavy atom. The monoisotopic (exact) mass is 156 g/mol. The van der Waals surface area contributed by atoms with Gasteiger partial charge in [0, 0.05) is 11.4 Å². The molecule has 60 valence electrons. The Balaban J connectivity index is 2.59. The first kappa shape index (κ1) is 7.17. The minimum absolute atomic E-state index is 0.925. The predicted molar refractivity (Wildman–Crippen MR) is 52.5 cm³/mol. The van der Waals surface area contributed by atoms with Gasteiger partial charge in [-0.3, -0.25) is 7.05 Å². The van der Waals surface area contributed by atoms with Crippen LogP contribution in [-0.2, 0) is 0 Å². The Labute approximate surface area is 72.6 Å². The lowest BCUT2D eigenvalue weighted by molar-refractivity contribution is 1.20. The summed E-state index contributed by atoms with van der Waals surface area (Å²) in [6.45, 7) is 3.87. The van der Waals surface area contributed by atoms with Gasteiger partial charge in [0.05, 0.1) is 0 Å². The lowest BCUT2D eigenvalue weighted by Crippen LogP contribution is -2.14. The highest BCUT2D eigenvalue weighted by Gasteiger charge is 2.05. The molecule has 0 N–H and O–H groups in total. The van der Waals surface area contributed by atoms with Crippen molar-refractivity contribution >= 4 is 11.8 Å². The van der Waals surface area contributed by atoms with E-state index in [9.17, 15) is 0 Å². The van der Waals surface area contributed by atoms with Gasteiger partial charge in [-0.1, -0.05) is 30.9 Å². The summed E-state index contributed by atoms with van der Waals surface area (Å²) in [5, 5.41) is 0. The normalized spacial score (nSPS) is 14.8. The molecule has 1 heteroatoms. The van der Waals surface area contributed by atoms with E-state index in [0.717, 1.165) is 11.4 Å². The Bertz CT molecular complexity index is 350. The fourth-order valence-corrected chi connectivity index (χ4v) is 1.30. The highest BCUT2D eigenvalue weighted by Crippen LogP contribution is 2.28. The Morgan fingerprint density at radius 3 is 2.75 bits per heavy atom. The summed E-state index contributed by atoms with van der Waals surface area (Å²) in [5.41, 5.74) is 3.23. The van der Waals surface area contributed by atoms with Crippen LogP contribution >= 0.6 is 0 Å². The third kappa shape index (κ3) is 0.944. The molecular formula is C11H10N-. The molecule has 1 aliphatic rings. The minimum atomic E-state index is 0.925. The van der Waals surface area contributed by atoms with Gasteiger partial charge in [-0.25, -0.2) is 0 Å². The van der Waals surface area contributed by atoms with Gasteiger partial charge >= 0.3 is 0 Å². The minimum Gasteiger partial charge on any atom is -0.497 e. The summed E-state index contributed by atoms with van der Waals surface area (Å²) in [7, 11) is 3.90. The number of para-hydroxylation sites is 1. The zero-order valence-corrected chi connectivity index (χ0v) is 6.83. The SMILES string of the molecule is C=C1C=Cc2ccccc2N1[CH2-]. The molecule has 1 aliphatic heterocycles. The van der Waals surface area contributed by atoms with Gasteiger partial charge in [-0.05, 0) is 17.7 Å². The number of hydrogen-bond acceptors (Lipinski definition) is 1. The van der Waals surface area contributed by atoms with Crippen LogP contribution in [0.4, 0.5) is 5.69 Å². The van der Waals surface area contributed by atoms with Gasteiger partial charge in [-0.15, -0.1) is 0 Å². The number of allylic oxidation sites excluding steroid dienone is 1. The van der Waals surface area contributed by atoms with Crippen LogP contribution in [-0.4, -0.2) is 0 Å². The first-order valence-electron chi connectivity index (χ1n) is 3.86. The van der Waals surface area contributed by atoms with Gasteiger partial charge in [0.1, 0.15) is 0 Å². The molecule has 0 saturated heterocycles. The van der Waals surface area contributed by atoms with E-state index in [0.29, 0.717) is 0 Å². The van der Waals surface area contributed by atoms with Crippen LogP contribution in [0.3, 0.4) is 0 Å². The molecule has 0 aromatic heterocycles. The molecule has 0 spiro atoms. The second kappa shape index (κ2) is 2.52. The quantitative estimate of drug-likeness (QED) is 0.522. The smallest absolute Gasteiger partial charge is 0.0185 e. The average molecular weight is 156 g/mol. The van der Waals surface area contributed by atoms with Crippen molar-refractivity contribution in [3.05, 3.63) is 55.2 Å². The molecule has 0 saturated carbocycles. The van der Waals surface area contributed by atoms with Crippen LogP contribution in [0.25, 0.3) is 6.08 Å². The fraction of sp³-hybridized carbons (Fsp3) is 0. The third-order valence-corrected chi connectivity index (χ3v) is 2.03. The number of nitrogens with zero attached hydrogens (tertiary/aromatic N) is 1. The van der Waals surface area contributed by atoms with Gasteiger partial charge in [0.25, 0.3) is 0 Å². The molecule has 1 aromatic carbocycles.